The summed E-state index contributed by atoms with van der Waals surface area (Å²) < 4.78 is 0. The summed E-state index contributed by atoms with van der Waals surface area (Å²) in [6.07, 6.45) is -0.961. The molecule has 2 atom stereocenters. The Kier molecular flexibility index (Phi) is 3.39. The van der Waals surface area contributed by atoms with E-state index in [1.54, 1.807) is 0 Å². The average molecular weight is 196 g/mol. The van der Waals surface area contributed by atoms with Crippen LogP contribution in [0.15, 0.2) is 30.3 Å². The molecule has 0 aliphatic heterocycles. The third kappa shape index (κ3) is 2.50. The molecule has 0 aliphatic rings. The standard InChI is InChI=1S/C10H12O2S/c1-7(9(11)10(12)13)8-5-3-2-4-6-8/h2-7,9,11H,1H3,(H,12,13)/t7-,9-/m0/s1. The van der Waals surface area contributed by atoms with Crippen molar-refractivity contribution < 1.29 is 10.2 Å². The van der Waals surface area contributed by atoms with Crippen LogP contribution in [-0.4, -0.2) is 21.4 Å². The molecule has 1 aromatic rings. The SMILES string of the molecule is C[C@@H](c1ccccc1)[C@H](O)C(O)=S. The molecule has 70 valence electrons. The highest BCUT2D eigenvalue weighted by molar-refractivity contribution is 7.80. The maximum atomic E-state index is 9.46. The van der Waals surface area contributed by atoms with Crippen LogP contribution >= 0.6 is 12.2 Å². The van der Waals surface area contributed by atoms with Gasteiger partial charge in [-0.05, 0) is 17.8 Å². The first kappa shape index (κ1) is 10.2. The van der Waals surface area contributed by atoms with Crippen molar-refractivity contribution in [3.8, 4) is 0 Å². The normalized spacial score (nSPS) is 14.9. The largest absolute Gasteiger partial charge is 0.500 e. The predicted octanol–water partition coefficient (Wildman–Crippen LogP) is 2.04. The van der Waals surface area contributed by atoms with Gasteiger partial charge in [-0.25, -0.2) is 0 Å². The number of hydrogen-bond acceptors (Lipinski definition) is 2. The van der Waals surface area contributed by atoms with E-state index in [9.17, 15) is 5.11 Å². The molecule has 0 saturated carbocycles. The molecule has 0 amide bonds. The van der Waals surface area contributed by atoms with Gasteiger partial charge in [-0.2, -0.15) is 0 Å². The number of aliphatic hydroxyl groups is 2. The summed E-state index contributed by atoms with van der Waals surface area (Å²) in [7, 11) is 0. The van der Waals surface area contributed by atoms with Crippen LogP contribution in [0.5, 0.6) is 0 Å². The van der Waals surface area contributed by atoms with Crippen molar-refractivity contribution in [2.45, 2.75) is 18.9 Å². The molecule has 1 aromatic carbocycles. The zero-order valence-corrected chi connectivity index (χ0v) is 8.16. The quantitative estimate of drug-likeness (QED) is 0.727. The zero-order chi connectivity index (χ0) is 9.84. The summed E-state index contributed by atoms with van der Waals surface area (Å²) in [5.74, 6) is -0.168. The molecule has 0 aliphatic carbocycles. The fraction of sp³-hybridized carbons (Fsp3) is 0.300. The van der Waals surface area contributed by atoms with Crippen molar-refractivity contribution >= 4 is 17.3 Å². The lowest BCUT2D eigenvalue weighted by molar-refractivity contribution is 0.197. The van der Waals surface area contributed by atoms with Crippen LogP contribution in [0.4, 0.5) is 0 Å². The Morgan fingerprint density at radius 2 is 1.85 bits per heavy atom. The van der Waals surface area contributed by atoms with Crippen LogP contribution in [0.25, 0.3) is 0 Å². The van der Waals surface area contributed by atoms with Crippen molar-refractivity contribution in [3.63, 3.8) is 0 Å². The minimum Gasteiger partial charge on any atom is -0.500 e. The van der Waals surface area contributed by atoms with E-state index in [1.807, 2.05) is 37.3 Å². The van der Waals surface area contributed by atoms with Gasteiger partial charge in [-0.1, -0.05) is 37.3 Å². The Morgan fingerprint density at radius 1 is 1.31 bits per heavy atom. The first-order chi connectivity index (χ1) is 6.13. The van der Waals surface area contributed by atoms with Crippen LogP contribution in [0.1, 0.15) is 18.4 Å². The molecule has 0 saturated heterocycles. The number of benzene rings is 1. The lowest BCUT2D eigenvalue weighted by atomic mass is 9.96. The molecule has 13 heavy (non-hydrogen) atoms. The summed E-state index contributed by atoms with van der Waals surface area (Å²) in [6, 6.07) is 9.47. The van der Waals surface area contributed by atoms with Crippen LogP contribution in [0.3, 0.4) is 0 Å². The second kappa shape index (κ2) is 4.35. The number of rotatable bonds is 3. The predicted molar refractivity (Wildman–Crippen MR) is 56.1 cm³/mol. The first-order valence-corrected chi connectivity index (χ1v) is 4.49. The molecular weight excluding hydrogens is 184 g/mol. The Labute approximate surface area is 82.8 Å². The molecule has 0 bridgehead atoms. The van der Waals surface area contributed by atoms with Crippen molar-refractivity contribution in [1.82, 2.24) is 0 Å². The highest BCUT2D eigenvalue weighted by Gasteiger charge is 2.19. The van der Waals surface area contributed by atoms with Crippen molar-refractivity contribution in [3.05, 3.63) is 35.9 Å². The highest BCUT2D eigenvalue weighted by Crippen LogP contribution is 2.19. The van der Waals surface area contributed by atoms with Gasteiger partial charge in [0.05, 0.1) is 0 Å². The monoisotopic (exact) mass is 196 g/mol. The van der Waals surface area contributed by atoms with Crippen molar-refractivity contribution in [2.75, 3.05) is 0 Å². The van der Waals surface area contributed by atoms with E-state index in [0.717, 1.165) is 5.56 Å². The van der Waals surface area contributed by atoms with E-state index >= 15 is 0 Å². The smallest absolute Gasteiger partial charge is 0.186 e. The van der Waals surface area contributed by atoms with Gasteiger partial charge in [-0.15, -0.1) is 0 Å². The second-order valence-electron chi connectivity index (χ2n) is 2.98. The molecule has 0 spiro atoms. The van der Waals surface area contributed by atoms with E-state index < -0.39 is 6.10 Å². The summed E-state index contributed by atoms with van der Waals surface area (Å²) >= 11 is 4.50. The Balaban J connectivity index is 2.79. The van der Waals surface area contributed by atoms with Crippen LogP contribution in [-0.2, 0) is 0 Å². The highest BCUT2D eigenvalue weighted by atomic mass is 32.1. The fourth-order valence-electron chi connectivity index (χ4n) is 1.15. The molecule has 0 unspecified atom stereocenters. The first-order valence-electron chi connectivity index (χ1n) is 4.08. The van der Waals surface area contributed by atoms with E-state index in [0.29, 0.717) is 0 Å². The number of thiocarbonyl (C=S) groups is 1. The average Bonchev–Trinajstić information content (AvgIpc) is 2.17. The van der Waals surface area contributed by atoms with Gasteiger partial charge in [0.15, 0.2) is 5.05 Å². The van der Waals surface area contributed by atoms with Gasteiger partial charge >= 0.3 is 0 Å². The van der Waals surface area contributed by atoms with Gasteiger partial charge in [0, 0.05) is 5.92 Å². The van der Waals surface area contributed by atoms with Crippen molar-refractivity contribution in [2.24, 2.45) is 0 Å². The summed E-state index contributed by atoms with van der Waals surface area (Å²) in [4.78, 5) is 0. The van der Waals surface area contributed by atoms with Crippen molar-refractivity contribution in [1.29, 1.82) is 0 Å². The molecule has 2 N–H and O–H groups in total. The van der Waals surface area contributed by atoms with E-state index in [1.165, 1.54) is 0 Å². The minimum absolute atomic E-state index is 0.168. The van der Waals surface area contributed by atoms with Crippen LogP contribution in [0.2, 0.25) is 0 Å². The van der Waals surface area contributed by atoms with Gasteiger partial charge < -0.3 is 10.2 Å². The maximum Gasteiger partial charge on any atom is 0.186 e. The number of hydrogen-bond donors (Lipinski definition) is 2. The zero-order valence-electron chi connectivity index (χ0n) is 7.34. The molecule has 0 fully saturated rings. The van der Waals surface area contributed by atoms with Gasteiger partial charge in [0.25, 0.3) is 0 Å². The minimum atomic E-state index is -0.961. The lowest BCUT2D eigenvalue weighted by Crippen LogP contribution is -2.24. The third-order valence-corrected chi connectivity index (χ3v) is 2.29. The number of aliphatic hydroxyl groups excluding tert-OH is 2. The maximum absolute atomic E-state index is 9.46. The molecule has 1 rings (SSSR count). The molecule has 3 heteroatoms. The third-order valence-electron chi connectivity index (χ3n) is 2.05. The molecular formula is C10H12O2S. The lowest BCUT2D eigenvalue weighted by Gasteiger charge is -2.16. The summed E-state index contributed by atoms with van der Waals surface area (Å²) in [6.45, 7) is 1.82. The van der Waals surface area contributed by atoms with Crippen LogP contribution < -0.4 is 0 Å². The molecule has 0 aromatic heterocycles. The Hall–Kier alpha value is -0.930. The fourth-order valence-corrected chi connectivity index (χ4v) is 1.36. The summed E-state index contributed by atoms with van der Waals surface area (Å²) in [5, 5.41) is 18.0. The second-order valence-corrected chi connectivity index (χ2v) is 3.40. The molecule has 2 nitrogen and oxygen atoms in total. The molecule has 0 radical (unpaired) electrons. The topological polar surface area (TPSA) is 40.5 Å². The van der Waals surface area contributed by atoms with E-state index in [2.05, 4.69) is 12.2 Å². The van der Waals surface area contributed by atoms with Crippen LogP contribution in [0, 0.1) is 0 Å². The Morgan fingerprint density at radius 3 is 2.31 bits per heavy atom. The van der Waals surface area contributed by atoms with Gasteiger partial charge in [-0.3, -0.25) is 0 Å². The van der Waals surface area contributed by atoms with E-state index in [4.69, 9.17) is 5.11 Å². The van der Waals surface area contributed by atoms with Gasteiger partial charge in [0.1, 0.15) is 6.10 Å². The molecule has 0 heterocycles. The van der Waals surface area contributed by atoms with Gasteiger partial charge in [0.2, 0.25) is 0 Å². The van der Waals surface area contributed by atoms with E-state index in [-0.39, 0.29) is 11.0 Å². The summed E-state index contributed by atoms with van der Waals surface area (Å²) in [5.41, 5.74) is 0.964. The Bertz CT molecular complexity index is 284.